The number of nitrogens with one attached hydrogen (secondary N) is 2. The number of carbonyl (C=O) groups is 1. The van der Waals surface area contributed by atoms with Crippen molar-refractivity contribution in [1.29, 1.82) is 0 Å². The maximum atomic E-state index is 12.3. The van der Waals surface area contributed by atoms with Crippen LogP contribution in [0.5, 0.6) is 0 Å². The Balaban J connectivity index is 1.47. The van der Waals surface area contributed by atoms with Gasteiger partial charge in [0.15, 0.2) is 0 Å². The third-order valence-corrected chi connectivity index (χ3v) is 4.43. The Morgan fingerprint density at radius 3 is 2.52 bits per heavy atom. The molecule has 0 bridgehead atoms. The number of hydrogen-bond acceptors (Lipinski definition) is 3. The number of amides is 1. The van der Waals surface area contributed by atoms with Crippen LogP contribution in [-0.2, 0) is 13.0 Å². The van der Waals surface area contributed by atoms with Crippen molar-refractivity contribution in [1.82, 2.24) is 10.3 Å². The molecule has 27 heavy (non-hydrogen) atoms. The van der Waals surface area contributed by atoms with Gasteiger partial charge in [-0.1, -0.05) is 54.1 Å². The van der Waals surface area contributed by atoms with E-state index in [1.54, 1.807) is 18.3 Å². The molecule has 0 spiro atoms. The normalized spacial score (nSPS) is 10.4. The van der Waals surface area contributed by atoms with Crippen LogP contribution in [0.1, 0.15) is 27.9 Å². The summed E-state index contributed by atoms with van der Waals surface area (Å²) in [6.45, 7) is 1.26. The minimum Gasteiger partial charge on any atom is -0.366 e. The van der Waals surface area contributed by atoms with Crippen molar-refractivity contribution in [2.75, 3.05) is 11.9 Å². The van der Waals surface area contributed by atoms with Crippen molar-refractivity contribution in [3.63, 3.8) is 0 Å². The summed E-state index contributed by atoms with van der Waals surface area (Å²) < 4.78 is 0. The third-order valence-electron chi connectivity index (χ3n) is 4.18. The fourth-order valence-electron chi connectivity index (χ4n) is 2.70. The number of benzene rings is 2. The summed E-state index contributed by atoms with van der Waals surface area (Å²) in [7, 11) is 0. The fourth-order valence-corrected chi connectivity index (χ4v) is 2.83. The summed E-state index contributed by atoms with van der Waals surface area (Å²) in [6, 6.07) is 21.4. The minimum atomic E-state index is -0.0833. The Labute approximate surface area is 164 Å². The molecule has 4 nitrogen and oxygen atoms in total. The van der Waals surface area contributed by atoms with E-state index in [0.717, 1.165) is 18.4 Å². The topological polar surface area (TPSA) is 54.0 Å². The molecule has 1 amide bonds. The fraction of sp³-hybridized carbons (Fsp3) is 0.182. The van der Waals surface area contributed by atoms with E-state index < -0.39 is 0 Å². The molecule has 138 valence electrons. The first kappa shape index (κ1) is 18.9. The van der Waals surface area contributed by atoms with Crippen LogP contribution in [0, 0.1) is 0 Å². The van der Waals surface area contributed by atoms with Gasteiger partial charge in [0, 0.05) is 29.9 Å². The first-order valence-corrected chi connectivity index (χ1v) is 9.35. The van der Waals surface area contributed by atoms with Crippen LogP contribution in [0.4, 0.5) is 5.82 Å². The highest BCUT2D eigenvalue weighted by atomic mass is 35.5. The maximum absolute atomic E-state index is 12.3. The van der Waals surface area contributed by atoms with E-state index in [4.69, 9.17) is 11.6 Å². The number of carbonyl (C=O) groups excluding carboxylic acids is 1. The van der Waals surface area contributed by atoms with Crippen LogP contribution in [0.3, 0.4) is 0 Å². The zero-order valence-electron chi connectivity index (χ0n) is 15.0. The average Bonchev–Trinajstić information content (AvgIpc) is 2.71. The number of pyridine rings is 1. The number of hydrogen-bond donors (Lipinski definition) is 2. The maximum Gasteiger partial charge on any atom is 0.251 e. The molecule has 0 fully saturated rings. The van der Waals surface area contributed by atoms with Gasteiger partial charge in [0.1, 0.15) is 5.82 Å². The number of rotatable bonds is 8. The monoisotopic (exact) mass is 379 g/mol. The van der Waals surface area contributed by atoms with Gasteiger partial charge in [-0.05, 0) is 48.2 Å². The molecule has 3 rings (SSSR count). The second-order valence-corrected chi connectivity index (χ2v) is 6.69. The highest BCUT2D eigenvalue weighted by molar-refractivity contribution is 6.30. The number of nitrogens with zero attached hydrogens (tertiary/aromatic N) is 1. The van der Waals surface area contributed by atoms with E-state index >= 15 is 0 Å². The smallest absolute Gasteiger partial charge is 0.251 e. The van der Waals surface area contributed by atoms with E-state index in [0.29, 0.717) is 29.5 Å². The van der Waals surface area contributed by atoms with Gasteiger partial charge in [0.05, 0.1) is 0 Å². The first-order valence-electron chi connectivity index (χ1n) is 8.97. The van der Waals surface area contributed by atoms with Crippen molar-refractivity contribution in [3.05, 3.63) is 94.6 Å². The van der Waals surface area contributed by atoms with Crippen LogP contribution in [0.15, 0.2) is 72.9 Å². The Bertz CT molecular complexity index is 866. The van der Waals surface area contributed by atoms with E-state index in [1.165, 1.54) is 5.56 Å². The van der Waals surface area contributed by atoms with Gasteiger partial charge in [0.2, 0.25) is 0 Å². The lowest BCUT2D eigenvalue weighted by atomic mass is 10.1. The Morgan fingerprint density at radius 2 is 1.74 bits per heavy atom. The molecular weight excluding hydrogens is 358 g/mol. The zero-order chi connectivity index (χ0) is 18.9. The minimum absolute atomic E-state index is 0.0833. The molecule has 0 aliphatic rings. The molecule has 0 saturated carbocycles. The van der Waals surface area contributed by atoms with Crippen molar-refractivity contribution < 1.29 is 4.79 Å². The van der Waals surface area contributed by atoms with Gasteiger partial charge < -0.3 is 10.6 Å². The molecule has 1 aromatic heterocycles. The third kappa shape index (κ3) is 6.12. The first-order chi connectivity index (χ1) is 13.2. The van der Waals surface area contributed by atoms with Crippen molar-refractivity contribution in [2.24, 2.45) is 0 Å². The molecule has 0 aliphatic heterocycles. The molecule has 5 heteroatoms. The molecule has 0 aliphatic carbocycles. The van der Waals surface area contributed by atoms with Crippen LogP contribution < -0.4 is 10.6 Å². The molecule has 1 heterocycles. The zero-order valence-corrected chi connectivity index (χ0v) is 15.7. The summed E-state index contributed by atoms with van der Waals surface area (Å²) in [4.78, 5) is 16.6. The second-order valence-electron chi connectivity index (χ2n) is 6.25. The van der Waals surface area contributed by atoms with Gasteiger partial charge >= 0.3 is 0 Å². The number of aromatic nitrogens is 1. The molecule has 2 aromatic carbocycles. The van der Waals surface area contributed by atoms with Crippen LogP contribution in [0.25, 0.3) is 0 Å². The van der Waals surface area contributed by atoms with Crippen molar-refractivity contribution in [2.45, 2.75) is 19.4 Å². The Hall–Kier alpha value is -2.85. The molecule has 0 atom stereocenters. The highest BCUT2D eigenvalue weighted by Crippen LogP contribution is 2.12. The lowest BCUT2D eigenvalue weighted by Crippen LogP contribution is -2.25. The van der Waals surface area contributed by atoms with Crippen LogP contribution >= 0.6 is 11.6 Å². The molecule has 0 unspecified atom stereocenters. The van der Waals surface area contributed by atoms with E-state index in [9.17, 15) is 4.79 Å². The van der Waals surface area contributed by atoms with Gasteiger partial charge in [-0.3, -0.25) is 4.79 Å². The van der Waals surface area contributed by atoms with E-state index in [1.807, 2.05) is 42.5 Å². The summed E-state index contributed by atoms with van der Waals surface area (Å²) in [5.41, 5.74) is 2.98. The quantitative estimate of drug-likeness (QED) is 0.557. The molecular formula is C22H22ClN3O. The summed E-state index contributed by atoms with van der Waals surface area (Å²) in [5.74, 6) is 0.585. The Morgan fingerprint density at radius 1 is 0.963 bits per heavy atom. The SMILES string of the molecule is O=C(NCCCc1ccccc1)c1ccnc(NCc2ccc(Cl)cc2)c1. The van der Waals surface area contributed by atoms with Gasteiger partial charge in [-0.25, -0.2) is 4.98 Å². The molecule has 3 aromatic rings. The lowest BCUT2D eigenvalue weighted by molar-refractivity contribution is 0.0953. The average molecular weight is 380 g/mol. The predicted molar refractivity (Wildman–Crippen MR) is 110 cm³/mol. The van der Waals surface area contributed by atoms with Gasteiger partial charge in [0.25, 0.3) is 5.91 Å². The van der Waals surface area contributed by atoms with Crippen molar-refractivity contribution in [3.8, 4) is 0 Å². The Kier molecular flexibility index (Phi) is 6.83. The summed E-state index contributed by atoms with van der Waals surface area (Å²) >= 11 is 5.89. The standard InChI is InChI=1S/C22H22ClN3O/c23-20-10-8-18(9-11-20)16-26-21-15-19(12-14-24-21)22(27)25-13-4-7-17-5-2-1-3-6-17/h1-3,5-6,8-12,14-15H,4,7,13,16H2,(H,24,26)(H,25,27). The van der Waals surface area contributed by atoms with Gasteiger partial charge in [-0.15, -0.1) is 0 Å². The van der Waals surface area contributed by atoms with Gasteiger partial charge in [-0.2, -0.15) is 0 Å². The molecule has 0 saturated heterocycles. The number of halogens is 1. The number of anilines is 1. The van der Waals surface area contributed by atoms with Crippen LogP contribution in [0.2, 0.25) is 5.02 Å². The van der Waals surface area contributed by atoms with E-state index in [2.05, 4.69) is 27.8 Å². The highest BCUT2D eigenvalue weighted by Gasteiger charge is 2.06. The predicted octanol–water partition coefficient (Wildman–Crippen LogP) is 4.71. The van der Waals surface area contributed by atoms with E-state index in [-0.39, 0.29) is 5.91 Å². The number of aryl methyl sites for hydroxylation is 1. The van der Waals surface area contributed by atoms with Crippen molar-refractivity contribution >= 4 is 23.3 Å². The largest absolute Gasteiger partial charge is 0.366 e. The lowest BCUT2D eigenvalue weighted by Gasteiger charge is -2.09. The molecule has 0 radical (unpaired) electrons. The van der Waals surface area contributed by atoms with Crippen LogP contribution in [-0.4, -0.2) is 17.4 Å². The summed E-state index contributed by atoms with van der Waals surface area (Å²) in [6.07, 6.45) is 3.50. The molecule has 2 N–H and O–H groups in total. The second kappa shape index (κ2) is 9.74. The summed E-state index contributed by atoms with van der Waals surface area (Å²) in [5, 5.41) is 6.91.